The van der Waals surface area contributed by atoms with E-state index in [1.807, 2.05) is 31.2 Å². The van der Waals surface area contributed by atoms with Gasteiger partial charge in [0.1, 0.15) is 36.1 Å². The second-order valence-corrected chi connectivity index (χ2v) is 7.09. The van der Waals surface area contributed by atoms with Crippen LogP contribution in [-0.4, -0.2) is 41.8 Å². The number of amides is 1. The molecule has 0 N–H and O–H groups in total. The van der Waals surface area contributed by atoms with E-state index in [0.29, 0.717) is 11.5 Å². The Balaban J connectivity index is 1.53. The Morgan fingerprint density at radius 2 is 2.12 bits per heavy atom. The number of furan rings is 1. The maximum absolute atomic E-state index is 12.4. The molecule has 1 aromatic carbocycles. The highest BCUT2D eigenvalue weighted by Gasteiger charge is 2.43. The lowest BCUT2D eigenvalue weighted by Crippen LogP contribution is -2.43. The molecule has 6 nitrogen and oxygen atoms in total. The summed E-state index contributed by atoms with van der Waals surface area (Å²) in [7, 11) is 0. The minimum absolute atomic E-state index is 0.130. The van der Waals surface area contributed by atoms with Crippen molar-refractivity contribution >= 4 is 23.6 Å². The fraction of sp³-hybridized carbons (Fsp3) is 0.368. The SMILES string of the molecule is CC(=O)N1[C@@H](C(=O)OCCOc2cccc(C)c2)CS[C@H]1c1ccco1. The van der Waals surface area contributed by atoms with E-state index in [1.165, 1.54) is 23.6 Å². The molecule has 7 heteroatoms. The predicted octanol–water partition coefficient (Wildman–Crippen LogP) is 3.17. The molecule has 1 saturated heterocycles. The summed E-state index contributed by atoms with van der Waals surface area (Å²) in [5.74, 6) is 1.26. The number of benzene rings is 1. The molecule has 0 unspecified atom stereocenters. The van der Waals surface area contributed by atoms with Crippen molar-refractivity contribution in [3.05, 3.63) is 54.0 Å². The van der Waals surface area contributed by atoms with Crippen LogP contribution in [0.2, 0.25) is 0 Å². The summed E-state index contributed by atoms with van der Waals surface area (Å²) in [6.07, 6.45) is 1.56. The smallest absolute Gasteiger partial charge is 0.329 e. The average molecular weight is 375 g/mol. The van der Waals surface area contributed by atoms with Crippen LogP contribution in [0.5, 0.6) is 5.75 Å². The molecule has 0 aliphatic carbocycles. The van der Waals surface area contributed by atoms with Crippen LogP contribution in [0, 0.1) is 6.92 Å². The van der Waals surface area contributed by atoms with Gasteiger partial charge in [-0.1, -0.05) is 12.1 Å². The van der Waals surface area contributed by atoms with Gasteiger partial charge in [0.15, 0.2) is 0 Å². The van der Waals surface area contributed by atoms with E-state index in [-0.39, 0.29) is 24.5 Å². The molecule has 3 rings (SSSR count). The van der Waals surface area contributed by atoms with Crippen molar-refractivity contribution in [2.45, 2.75) is 25.3 Å². The third-order valence-electron chi connectivity index (χ3n) is 4.01. The Morgan fingerprint density at radius 3 is 2.81 bits per heavy atom. The molecule has 2 aromatic rings. The molecule has 0 spiro atoms. The molecule has 1 aromatic heterocycles. The Labute approximate surface area is 156 Å². The van der Waals surface area contributed by atoms with Crippen LogP contribution >= 0.6 is 11.8 Å². The first-order valence-electron chi connectivity index (χ1n) is 8.36. The van der Waals surface area contributed by atoms with E-state index in [1.54, 1.807) is 18.4 Å². The molecule has 26 heavy (non-hydrogen) atoms. The lowest BCUT2D eigenvalue weighted by atomic mass is 10.2. The summed E-state index contributed by atoms with van der Waals surface area (Å²) in [5, 5.41) is -0.302. The third-order valence-corrected chi connectivity index (χ3v) is 5.29. The van der Waals surface area contributed by atoms with E-state index >= 15 is 0 Å². The van der Waals surface area contributed by atoms with Crippen LogP contribution in [0.4, 0.5) is 0 Å². The third kappa shape index (κ3) is 4.22. The zero-order chi connectivity index (χ0) is 18.5. The first-order valence-corrected chi connectivity index (χ1v) is 9.41. The van der Waals surface area contributed by atoms with Crippen molar-refractivity contribution in [2.24, 2.45) is 0 Å². The standard InChI is InChI=1S/C19H21NO5S/c1-13-5-3-6-15(11-13)23-9-10-25-19(22)16-12-26-18(20(16)14(2)21)17-7-4-8-24-17/h3-8,11,16,18H,9-10,12H2,1-2H3/t16-,18+/m1/s1. The van der Waals surface area contributed by atoms with Crippen LogP contribution in [0.15, 0.2) is 47.1 Å². The summed E-state index contributed by atoms with van der Waals surface area (Å²) >= 11 is 1.49. The lowest BCUT2D eigenvalue weighted by molar-refractivity contribution is -0.154. The van der Waals surface area contributed by atoms with Gasteiger partial charge in [0.2, 0.25) is 5.91 Å². The highest BCUT2D eigenvalue weighted by Crippen LogP contribution is 2.41. The second-order valence-electron chi connectivity index (χ2n) is 5.98. The molecular formula is C19H21NO5S. The lowest BCUT2D eigenvalue weighted by Gasteiger charge is -2.25. The van der Waals surface area contributed by atoms with Crippen molar-refractivity contribution in [3.8, 4) is 5.75 Å². The van der Waals surface area contributed by atoms with E-state index in [2.05, 4.69) is 0 Å². The number of thioether (sulfide) groups is 1. The molecule has 0 radical (unpaired) electrons. The van der Waals surface area contributed by atoms with Gasteiger partial charge in [-0.05, 0) is 36.8 Å². The van der Waals surface area contributed by atoms with Crippen molar-refractivity contribution in [2.75, 3.05) is 19.0 Å². The Morgan fingerprint density at radius 1 is 1.27 bits per heavy atom. The van der Waals surface area contributed by atoms with E-state index in [9.17, 15) is 9.59 Å². The second kappa shape index (κ2) is 8.31. The van der Waals surface area contributed by atoms with Crippen LogP contribution in [0.3, 0.4) is 0 Å². The van der Waals surface area contributed by atoms with Crippen molar-refractivity contribution in [1.29, 1.82) is 0 Å². The molecule has 2 atom stereocenters. The Bertz CT molecular complexity index is 761. The van der Waals surface area contributed by atoms with Crippen LogP contribution < -0.4 is 4.74 Å². The van der Waals surface area contributed by atoms with E-state index < -0.39 is 12.0 Å². The number of hydrogen-bond acceptors (Lipinski definition) is 6. The molecule has 1 fully saturated rings. The highest BCUT2D eigenvalue weighted by atomic mass is 32.2. The number of rotatable bonds is 6. The average Bonchev–Trinajstić information content (AvgIpc) is 3.27. The number of carbonyl (C=O) groups excluding carboxylic acids is 2. The molecular weight excluding hydrogens is 354 g/mol. The number of nitrogens with zero attached hydrogens (tertiary/aromatic N) is 1. The monoisotopic (exact) mass is 375 g/mol. The zero-order valence-electron chi connectivity index (χ0n) is 14.7. The Kier molecular flexibility index (Phi) is 5.88. The van der Waals surface area contributed by atoms with Gasteiger partial charge in [-0.3, -0.25) is 4.79 Å². The first kappa shape index (κ1) is 18.4. The summed E-state index contributed by atoms with van der Waals surface area (Å²) in [5.41, 5.74) is 1.10. The minimum Gasteiger partial charge on any atom is -0.490 e. The fourth-order valence-electron chi connectivity index (χ4n) is 2.83. The molecule has 1 amide bonds. The molecule has 0 bridgehead atoms. The van der Waals surface area contributed by atoms with Crippen LogP contribution in [-0.2, 0) is 14.3 Å². The van der Waals surface area contributed by atoms with Gasteiger partial charge in [0.05, 0.1) is 6.26 Å². The van der Waals surface area contributed by atoms with E-state index in [4.69, 9.17) is 13.9 Å². The summed E-state index contributed by atoms with van der Waals surface area (Å²) in [4.78, 5) is 26.0. The summed E-state index contributed by atoms with van der Waals surface area (Å²) < 4.78 is 16.3. The van der Waals surface area contributed by atoms with Crippen molar-refractivity contribution in [1.82, 2.24) is 4.90 Å². The highest BCUT2D eigenvalue weighted by molar-refractivity contribution is 7.99. The molecule has 1 aliphatic rings. The van der Waals surface area contributed by atoms with Gasteiger partial charge >= 0.3 is 5.97 Å². The normalized spacial score (nSPS) is 19.4. The van der Waals surface area contributed by atoms with Crippen molar-refractivity contribution in [3.63, 3.8) is 0 Å². The predicted molar refractivity (Wildman–Crippen MR) is 97.8 cm³/mol. The van der Waals surface area contributed by atoms with Gasteiger partial charge in [-0.2, -0.15) is 0 Å². The van der Waals surface area contributed by atoms with Crippen molar-refractivity contribution < 1.29 is 23.5 Å². The summed E-state index contributed by atoms with van der Waals surface area (Å²) in [6.45, 7) is 3.82. The van der Waals surface area contributed by atoms with Gasteiger partial charge in [0, 0.05) is 12.7 Å². The van der Waals surface area contributed by atoms with Crippen LogP contribution in [0.1, 0.15) is 23.6 Å². The number of esters is 1. The maximum atomic E-state index is 12.4. The van der Waals surface area contributed by atoms with Crippen LogP contribution in [0.25, 0.3) is 0 Å². The Hall–Kier alpha value is -2.41. The minimum atomic E-state index is -0.619. The zero-order valence-corrected chi connectivity index (χ0v) is 15.5. The quantitative estimate of drug-likeness (QED) is 0.571. The first-order chi connectivity index (χ1) is 12.6. The van der Waals surface area contributed by atoms with Gasteiger partial charge < -0.3 is 18.8 Å². The van der Waals surface area contributed by atoms with Gasteiger partial charge in [-0.25, -0.2) is 4.79 Å². The number of ether oxygens (including phenoxy) is 2. The molecule has 0 saturated carbocycles. The number of carbonyl (C=O) groups is 2. The number of hydrogen-bond donors (Lipinski definition) is 0. The largest absolute Gasteiger partial charge is 0.490 e. The molecule has 1 aliphatic heterocycles. The number of aryl methyl sites for hydroxylation is 1. The van der Waals surface area contributed by atoms with Gasteiger partial charge in [-0.15, -0.1) is 11.8 Å². The summed E-state index contributed by atoms with van der Waals surface area (Å²) in [6, 6.07) is 10.6. The topological polar surface area (TPSA) is 69.0 Å². The molecule has 2 heterocycles. The van der Waals surface area contributed by atoms with Gasteiger partial charge in [0.25, 0.3) is 0 Å². The maximum Gasteiger partial charge on any atom is 0.329 e. The van der Waals surface area contributed by atoms with E-state index in [0.717, 1.165) is 11.3 Å². The molecule has 138 valence electrons. The fourth-order valence-corrected chi connectivity index (χ4v) is 4.24.